The number of halogens is 3. The van der Waals surface area contributed by atoms with Crippen molar-refractivity contribution in [3.63, 3.8) is 0 Å². The monoisotopic (exact) mass is 540 g/mol. The Balaban J connectivity index is 1.45. The SMILES string of the molecule is CON(Cc1ccc(OC(F)(F)F)cc1)c1cccc(C(c2ccccc2)C23CCN(CC2)C(C(=O)O)C3)c1. The van der Waals surface area contributed by atoms with Gasteiger partial charge in [-0.2, -0.15) is 0 Å². The Bertz CT molecular complexity index is 1280. The van der Waals surface area contributed by atoms with Gasteiger partial charge in [-0.25, -0.2) is 0 Å². The smallest absolute Gasteiger partial charge is 0.480 e. The average molecular weight is 541 g/mol. The highest BCUT2D eigenvalue weighted by atomic mass is 19.4. The molecule has 0 aliphatic carbocycles. The number of hydrogen-bond donors (Lipinski definition) is 1. The zero-order chi connectivity index (χ0) is 27.6. The maximum atomic E-state index is 12.5. The highest BCUT2D eigenvalue weighted by Crippen LogP contribution is 2.55. The van der Waals surface area contributed by atoms with Crippen LogP contribution in [0.5, 0.6) is 5.75 Å². The number of carboxylic acids is 1. The van der Waals surface area contributed by atoms with Gasteiger partial charge in [0.15, 0.2) is 0 Å². The van der Waals surface area contributed by atoms with Crippen LogP contribution in [0, 0.1) is 5.41 Å². The first kappa shape index (κ1) is 27.0. The van der Waals surface area contributed by atoms with Crippen molar-refractivity contribution < 1.29 is 32.6 Å². The topological polar surface area (TPSA) is 62.2 Å². The van der Waals surface area contributed by atoms with E-state index >= 15 is 0 Å². The van der Waals surface area contributed by atoms with Crippen LogP contribution >= 0.6 is 0 Å². The highest BCUT2D eigenvalue weighted by molar-refractivity contribution is 5.74. The van der Waals surface area contributed by atoms with Gasteiger partial charge >= 0.3 is 12.3 Å². The Labute approximate surface area is 225 Å². The molecule has 0 spiro atoms. The number of fused-ring (bicyclic) bond motifs is 3. The molecule has 2 unspecified atom stereocenters. The largest absolute Gasteiger partial charge is 0.573 e. The van der Waals surface area contributed by atoms with E-state index in [-0.39, 0.29) is 17.1 Å². The second-order valence-corrected chi connectivity index (χ2v) is 10.3. The van der Waals surface area contributed by atoms with Crippen LogP contribution in [0.3, 0.4) is 0 Å². The third kappa shape index (κ3) is 5.89. The molecule has 6 rings (SSSR count). The predicted octanol–water partition coefficient (Wildman–Crippen LogP) is 6.22. The number of rotatable bonds is 9. The third-order valence-electron chi connectivity index (χ3n) is 8.06. The van der Waals surface area contributed by atoms with Crippen molar-refractivity contribution in [2.45, 2.75) is 44.1 Å². The predicted molar refractivity (Wildman–Crippen MR) is 140 cm³/mol. The average Bonchev–Trinajstić information content (AvgIpc) is 2.93. The summed E-state index contributed by atoms with van der Waals surface area (Å²) in [6.45, 7) is 1.83. The summed E-state index contributed by atoms with van der Waals surface area (Å²) in [6.07, 6.45) is -2.32. The molecule has 2 bridgehead atoms. The number of alkyl halides is 3. The lowest BCUT2D eigenvalue weighted by Crippen LogP contribution is -2.58. The van der Waals surface area contributed by atoms with Crippen LogP contribution in [-0.4, -0.2) is 48.6 Å². The summed E-state index contributed by atoms with van der Waals surface area (Å²) in [5, 5.41) is 11.6. The lowest BCUT2D eigenvalue weighted by atomic mass is 9.58. The second-order valence-electron chi connectivity index (χ2n) is 10.3. The quantitative estimate of drug-likeness (QED) is 0.325. The molecule has 0 saturated carbocycles. The number of aliphatic carboxylic acids is 1. The molecule has 1 N–H and O–H groups in total. The number of nitrogens with zero attached hydrogens (tertiary/aromatic N) is 2. The molecule has 0 aromatic heterocycles. The number of ether oxygens (including phenoxy) is 1. The number of carbonyl (C=O) groups is 1. The van der Waals surface area contributed by atoms with Crippen molar-refractivity contribution in [1.82, 2.24) is 4.90 Å². The molecule has 39 heavy (non-hydrogen) atoms. The molecule has 3 saturated heterocycles. The van der Waals surface area contributed by atoms with Crippen LogP contribution in [0.25, 0.3) is 0 Å². The molecular weight excluding hydrogens is 509 g/mol. The molecule has 3 aliphatic heterocycles. The number of carboxylic acid groups (broad SMARTS) is 1. The van der Waals surface area contributed by atoms with Gasteiger partial charge in [-0.1, -0.05) is 54.6 Å². The Morgan fingerprint density at radius 2 is 1.69 bits per heavy atom. The van der Waals surface area contributed by atoms with E-state index in [1.807, 2.05) is 30.3 Å². The molecule has 9 heteroatoms. The molecule has 3 aromatic carbocycles. The third-order valence-corrected chi connectivity index (χ3v) is 8.06. The van der Waals surface area contributed by atoms with Gasteiger partial charge < -0.3 is 9.84 Å². The summed E-state index contributed by atoms with van der Waals surface area (Å²) >= 11 is 0. The molecule has 3 fully saturated rings. The molecule has 2 atom stereocenters. The van der Waals surface area contributed by atoms with Crippen LogP contribution in [0.4, 0.5) is 18.9 Å². The van der Waals surface area contributed by atoms with E-state index in [4.69, 9.17) is 4.84 Å². The Kier molecular flexibility index (Phi) is 7.55. The number of piperidine rings is 3. The zero-order valence-corrected chi connectivity index (χ0v) is 21.6. The van der Waals surface area contributed by atoms with Crippen LogP contribution in [0.1, 0.15) is 41.9 Å². The van der Waals surface area contributed by atoms with Gasteiger partial charge in [-0.15, -0.1) is 13.2 Å². The van der Waals surface area contributed by atoms with Crippen LogP contribution < -0.4 is 9.80 Å². The summed E-state index contributed by atoms with van der Waals surface area (Å²) in [7, 11) is 1.55. The summed E-state index contributed by atoms with van der Waals surface area (Å²) in [4.78, 5) is 19.9. The van der Waals surface area contributed by atoms with Gasteiger partial charge in [0.25, 0.3) is 0 Å². The molecule has 0 radical (unpaired) electrons. The summed E-state index contributed by atoms with van der Waals surface area (Å²) < 4.78 is 41.5. The highest BCUT2D eigenvalue weighted by Gasteiger charge is 2.51. The molecule has 0 amide bonds. The maximum absolute atomic E-state index is 12.5. The van der Waals surface area contributed by atoms with E-state index in [1.54, 1.807) is 24.3 Å². The minimum atomic E-state index is -4.74. The van der Waals surface area contributed by atoms with Crippen molar-refractivity contribution in [2.75, 3.05) is 25.3 Å². The van der Waals surface area contributed by atoms with Crippen LogP contribution in [0.2, 0.25) is 0 Å². The lowest BCUT2D eigenvalue weighted by Gasteiger charge is -2.55. The van der Waals surface area contributed by atoms with Crippen LogP contribution in [0.15, 0.2) is 78.9 Å². The fraction of sp³-hybridized carbons (Fsp3) is 0.367. The summed E-state index contributed by atoms with van der Waals surface area (Å²) in [5.74, 6) is -1.04. The van der Waals surface area contributed by atoms with E-state index in [9.17, 15) is 23.1 Å². The minimum absolute atomic E-state index is 0.000423. The second kappa shape index (κ2) is 10.9. The van der Waals surface area contributed by atoms with Gasteiger partial charge in [0.2, 0.25) is 0 Å². The molecule has 6 nitrogen and oxygen atoms in total. The van der Waals surface area contributed by atoms with E-state index in [1.165, 1.54) is 12.1 Å². The molecular formula is C30H31F3N2O4. The van der Waals surface area contributed by atoms with Gasteiger partial charge in [-0.05, 0) is 78.7 Å². The van der Waals surface area contributed by atoms with E-state index in [0.29, 0.717) is 13.0 Å². The van der Waals surface area contributed by atoms with Gasteiger partial charge in [0.05, 0.1) is 19.3 Å². The van der Waals surface area contributed by atoms with Crippen molar-refractivity contribution in [3.05, 3.63) is 95.6 Å². The van der Waals surface area contributed by atoms with E-state index in [0.717, 1.165) is 48.3 Å². The Hall–Kier alpha value is -3.56. The fourth-order valence-electron chi connectivity index (χ4n) is 6.28. The molecule has 3 aliphatic rings. The van der Waals surface area contributed by atoms with Gasteiger partial charge in [0, 0.05) is 5.92 Å². The maximum Gasteiger partial charge on any atom is 0.573 e. The molecule has 206 valence electrons. The fourth-order valence-corrected chi connectivity index (χ4v) is 6.28. The Morgan fingerprint density at radius 1 is 1.03 bits per heavy atom. The van der Waals surface area contributed by atoms with Gasteiger partial charge in [0.1, 0.15) is 11.8 Å². The Morgan fingerprint density at radius 3 is 2.31 bits per heavy atom. The lowest BCUT2D eigenvalue weighted by molar-refractivity contribution is -0.274. The van der Waals surface area contributed by atoms with Crippen molar-refractivity contribution in [2.24, 2.45) is 5.41 Å². The summed E-state index contributed by atoms with van der Waals surface area (Å²) in [5.41, 5.74) is 3.58. The van der Waals surface area contributed by atoms with Crippen LogP contribution in [-0.2, 0) is 16.2 Å². The van der Waals surface area contributed by atoms with Crippen molar-refractivity contribution in [1.29, 1.82) is 0 Å². The minimum Gasteiger partial charge on any atom is -0.480 e. The first-order valence-corrected chi connectivity index (χ1v) is 13.0. The van der Waals surface area contributed by atoms with E-state index in [2.05, 4.69) is 33.9 Å². The van der Waals surface area contributed by atoms with Crippen molar-refractivity contribution >= 4 is 11.7 Å². The normalized spacial score (nSPS) is 23.3. The number of anilines is 1. The molecule has 3 heterocycles. The van der Waals surface area contributed by atoms with Gasteiger partial charge in [-0.3, -0.25) is 19.6 Å². The number of hydroxylamine groups is 1. The first-order chi connectivity index (χ1) is 18.7. The standard InChI is InChI=1S/C30H31F3N2O4/c1-38-35(20-21-10-12-25(13-11-21)39-30(31,32)33)24-9-5-8-23(18-24)27(22-6-3-2-4-7-22)29-14-16-34(17-15-29)26(19-29)28(36)37/h2-13,18,26-27H,14-17,19-20H2,1H3,(H,36,37). The first-order valence-electron chi connectivity index (χ1n) is 13.0. The van der Waals surface area contributed by atoms with E-state index < -0.39 is 18.4 Å². The zero-order valence-electron chi connectivity index (χ0n) is 21.6. The summed E-state index contributed by atoms with van der Waals surface area (Å²) in [6, 6.07) is 23.5. The van der Waals surface area contributed by atoms with Crippen molar-refractivity contribution in [3.8, 4) is 5.75 Å². The number of hydrogen-bond acceptors (Lipinski definition) is 5. The number of benzene rings is 3. The molecule has 3 aromatic rings.